The molecular weight excluding hydrogens is 381 g/mol. The van der Waals surface area contributed by atoms with Gasteiger partial charge in [0.25, 0.3) is 0 Å². The van der Waals surface area contributed by atoms with E-state index in [-0.39, 0.29) is 28.2 Å². The molecule has 28 heavy (non-hydrogen) atoms. The van der Waals surface area contributed by atoms with Crippen molar-refractivity contribution in [3.63, 3.8) is 0 Å². The van der Waals surface area contributed by atoms with E-state index in [1.54, 1.807) is 23.2 Å². The van der Waals surface area contributed by atoms with Gasteiger partial charge in [0.2, 0.25) is 5.91 Å². The minimum Gasteiger partial charge on any atom is -0.507 e. The lowest BCUT2D eigenvalue weighted by molar-refractivity contribution is -0.125. The average Bonchev–Trinajstić information content (AvgIpc) is 3.17. The highest BCUT2D eigenvalue weighted by molar-refractivity contribution is 6.34. The van der Waals surface area contributed by atoms with Crippen molar-refractivity contribution in [3.05, 3.63) is 65.8 Å². The molecule has 4 rings (SSSR count). The number of aromatic nitrogens is 2. The van der Waals surface area contributed by atoms with E-state index in [4.69, 9.17) is 11.6 Å². The van der Waals surface area contributed by atoms with Gasteiger partial charge in [-0.15, -0.1) is 0 Å². The first-order chi connectivity index (χ1) is 13.5. The predicted molar refractivity (Wildman–Crippen MR) is 106 cm³/mol. The van der Waals surface area contributed by atoms with Crippen molar-refractivity contribution in [1.29, 1.82) is 0 Å². The number of phenolic OH excluding ortho intramolecular Hbond substituents is 1. The van der Waals surface area contributed by atoms with E-state index in [1.165, 1.54) is 24.3 Å². The molecule has 0 bridgehead atoms. The van der Waals surface area contributed by atoms with E-state index in [0.717, 1.165) is 6.42 Å². The lowest BCUT2D eigenvalue weighted by Gasteiger charge is -2.14. The highest BCUT2D eigenvalue weighted by atomic mass is 35.5. The van der Waals surface area contributed by atoms with Gasteiger partial charge in [-0.3, -0.25) is 4.79 Å². The Balaban J connectivity index is 1.71. The number of fused-ring (bicyclic) bond motifs is 1. The minimum atomic E-state index is -0.559. The van der Waals surface area contributed by atoms with Crippen molar-refractivity contribution in [2.75, 3.05) is 13.1 Å². The molecule has 0 spiro atoms. The number of aromatic hydroxyl groups is 1. The lowest BCUT2D eigenvalue weighted by atomic mass is 10.0. The minimum absolute atomic E-state index is 0.0439. The summed E-state index contributed by atoms with van der Waals surface area (Å²) in [6.45, 7) is 4.71. The number of hydrogen-bond donors (Lipinski definition) is 1. The largest absolute Gasteiger partial charge is 0.507 e. The van der Waals surface area contributed by atoms with Gasteiger partial charge in [0, 0.05) is 36.2 Å². The molecule has 0 radical (unpaired) electrons. The van der Waals surface area contributed by atoms with E-state index < -0.39 is 5.82 Å². The number of phenols is 1. The Morgan fingerprint density at radius 3 is 2.96 bits per heavy atom. The van der Waals surface area contributed by atoms with Crippen LogP contribution in [0.15, 0.2) is 49.2 Å². The molecular formula is C21H17ClFN3O2. The van der Waals surface area contributed by atoms with Crippen LogP contribution in [0.1, 0.15) is 18.2 Å². The average molecular weight is 398 g/mol. The van der Waals surface area contributed by atoms with Gasteiger partial charge in [-0.1, -0.05) is 24.2 Å². The van der Waals surface area contributed by atoms with Crippen LogP contribution in [0.3, 0.4) is 0 Å². The molecule has 7 heteroatoms. The molecule has 1 aliphatic rings. The standard InChI is InChI=1S/C21H17ClFN3O2/c1-2-19(28)26-7-6-12(11-26)21-24-10-13-8-14(15(22)9-17(13)25-21)20-16(23)4-3-5-18(20)27/h2-5,8-10,12,27H,1,6-7,11H2. The number of hydrogen-bond acceptors (Lipinski definition) is 4. The van der Waals surface area contributed by atoms with Crippen LogP contribution in [0.2, 0.25) is 5.02 Å². The van der Waals surface area contributed by atoms with Crippen molar-refractivity contribution in [1.82, 2.24) is 14.9 Å². The summed E-state index contributed by atoms with van der Waals surface area (Å²) in [5.74, 6) is -0.152. The van der Waals surface area contributed by atoms with Gasteiger partial charge in [-0.05, 0) is 36.8 Å². The highest BCUT2D eigenvalue weighted by Crippen LogP contribution is 2.38. The molecule has 5 nitrogen and oxygen atoms in total. The molecule has 0 saturated carbocycles. The lowest BCUT2D eigenvalue weighted by Crippen LogP contribution is -2.26. The Labute approximate surface area is 166 Å². The second kappa shape index (κ2) is 7.20. The third-order valence-electron chi connectivity index (χ3n) is 4.99. The number of benzene rings is 2. The number of amides is 1. The maximum absolute atomic E-state index is 14.2. The Hall–Kier alpha value is -2.99. The highest BCUT2D eigenvalue weighted by Gasteiger charge is 2.28. The van der Waals surface area contributed by atoms with E-state index in [2.05, 4.69) is 16.5 Å². The van der Waals surface area contributed by atoms with Gasteiger partial charge in [0.15, 0.2) is 0 Å². The summed E-state index contributed by atoms with van der Waals surface area (Å²) < 4.78 is 14.2. The van der Waals surface area contributed by atoms with Gasteiger partial charge < -0.3 is 10.0 Å². The molecule has 3 aromatic rings. The maximum Gasteiger partial charge on any atom is 0.245 e. The zero-order valence-electron chi connectivity index (χ0n) is 14.9. The summed E-state index contributed by atoms with van der Waals surface area (Å²) in [5, 5.41) is 11.0. The number of halogens is 2. The fraction of sp³-hybridized carbons (Fsp3) is 0.190. The van der Waals surface area contributed by atoms with E-state index >= 15 is 0 Å². The molecule has 0 aliphatic carbocycles. The van der Waals surface area contributed by atoms with Crippen LogP contribution in [-0.2, 0) is 4.79 Å². The summed E-state index contributed by atoms with van der Waals surface area (Å²) in [4.78, 5) is 22.5. The third-order valence-corrected chi connectivity index (χ3v) is 5.30. The van der Waals surface area contributed by atoms with Crippen molar-refractivity contribution < 1.29 is 14.3 Å². The first kappa shape index (κ1) is 18.4. The topological polar surface area (TPSA) is 66.3 Å². The molecule has 2 aromatic carbocycles. The summed E-state index contributed by atoms with van der Waals surface area (Å²) in [5.41, 5.74) is 1.06. The molecule has 1 N–H and O–H groups in total. The van der Waals surface area contributed by atoms with Crippen LogP contribution in [0.5, 0.6) is 5.75 Å². The monoisotopic (exact) mass is 397 g/mol. The maximum atomic E-state index is 14.2. The molecule has 1 atom stereocenters. The van der Waals surface area contributed by atoms with Gasteiger partial charge >= 0.3 is 0 Å². The van der Waals surface area contributed by atoms with Gasteiger partial charge in [0.05, 0.1) is 16.1 Å². The third kappa shape index (κ3) is 3.20. The molecule has 1 fully saturated rings. The quantitative estimate of drug-likeness (QED) is 0.669. The van der Waals surface area contributed by atoms with Crippen molar-refractivity contribution in [2.45, 2.75) is 12.3 Å². The summed E-state index contributed by atoms with van der Waals surface area (Å²) >= 11 is 6.38. The number of carbonyl (C=O) groups is 1. The first-order valence-electron chi connectivity index (χ1n) is 8.83. The predicted octanol–water partition coefficient (Wildman–Crippen LogP) is 4.30. The number of likely N-dealkylation sites (tertiary alicyclic amines) is 1. The normalized spacial score (nSPS) is 16.5. The first-order valence-corrected chi connectivity index (χ1v) is 9.21. The number of rotatable bonds is 3. The van der Waals surface area contributed by atoms with Gasteiger partial charge in [-0.25, -0.2) is 14.4 Å². The van der Waals surface area contributed by atoms with Crippen LogP contribution in [0.4, 0.5) is 4.39 Å². The van der Waals surface area contributed by atoms with E-state index in [9.17, 15) is 14.3 Å². The Morgan fingerprint density at radius 1 is 1.39 bits per heavy atom. The second-order valence-corrected chi connectivity index (χ2v) is 7.13. The zero-order valence-corrected chi connectivity index (χ0v) is 15.7. The second-order valence-electron chi connectivity index (χ2n) is 6.73. The van der Waals surface area contributed by atoms with Crippen molar-refractivity contribution in [3.8, 4) is 16.9 Å². The van der Waals surface area contributed by atoms with Gasteiger partial charge in [0.1, 0.15) is 17.4 Å². The molecule has 1 aromatic heterocycles. The molecule has 1 aliphatic heterocycles. The fourth-order valence-electron chi connectivity index (χ4n) is 3.54. The van der Waals surface area contributed by atoms with Crippen LogP contribution < -0.4 is 0 Å². The summed E-state index contributed by atoms with van der Waals surface area (Å²) in [6.07, 6.45) is 3.75. The Morgan fingerprint density at radius 2 is 2.21 bits per heavy atom. The molecule has 1 saturated heterocycles. The SMILES string of the molecule is C=CC(=O)N1CCC(c2ncc3cc(-c4c(O)cccc4F)c(Cl)cc3n2)C1. The van der Waals surface area contributed by atoms with Crippen molar-refractivity contribution in [2.24, 2.45) is 0 Å². The molecule has 1 amide bonds. The molecule has 142 valence electrons. The smallest absolute Gasteiger partial charge is 0.245 e. The summed E-state index contributed by atoms with van der Waals surface area (Å²) in [7, 11) is 0. The zero-order chi connectivity index (χ0) is 19.8. The van der Waals surface area contributed by atoms with Gasteiger partial charge in [-0.2, -0.15) is 0 Å². The molecule has 1 unspecified atom stereocenters. The Kier molecular flexibility index (Phi) is 4.73. The molecule has 2 heterocycles. The van der Waals surface area contributed by atoms with Crippen molar-refractivity contribution >= 4 is 28.4 Å². The van der Waals surface area contributed by atoms with E-state index in [1.807, 2.05) is 0 Å². The van der Waals surface area contributed by atoms with E-state index in [0.29, 0.717) is 35.4 Å². The fourth-order valence-corrected chi connectivity index (χ4v) is 3.79. The summed E-state index contributed by atoms with van der Waals surface area (Å²) in [6, 6.07) is 7.42. The van der Waals surface area contributed by atoms with Crippen LogP contribution in [0, 0.1) is 5.82 Å². The van der Waals surface area contributed by atoms with Crippen LogP contribution in [0.25, 0.3) is 22.0 Å². The van der Waals surface area contributed by atoms with Crippen LogP contribution >= 0.6 is 11.6 Å². The van der Waals surface area contributed by atoms with Crippen LogP contribution in [-0.4, -0.2) is 39.0 Å². The number of nitrogens with zero attached hydrogens (tertiary/aromatic N) is 3. The number of carbonyl (C=O) groups excluding carboxylic acids is 1. The Bertz CT molecular complexity index is 1080.